The number of sulfonamides is 1. The minimum Gasteiger partial charge on any atom is -0.320 e. The van der Waals surface area contributed by atoms with Gasteiger partial charge >= 0.3 is 0 Å². The Hall–Kier alpha value is -3.37. The van der Waals surface area contributed by atoms with Crippen LogP contribution in [0.5, 0.6) is 0 Å². The summed E-state index contributed by atoms with van der Waals surface area (Å²) in [5, 5.41) is 11.5. The van der Waals surface area contributed by atoms with E-state index < -0.39 is 32.9 Å². The minimum absolute atomic E-state index is 0.103. The maximum atomic E-state index is 14.1. The Balaban J connectivity index is 1.89. The van der Waals surface area contributed by atoms with Crippen molar-refractivity contribution in [2.24, 2.45) is 5.14 Å². The third kappa shape index (κ3) is 4.92. The van der Waals surface area contributed by atoms with Gasteiger partial charge in [-0.1, -0.05) is 24.3 Å². The molecule has 8 nitrogen and oxygen atoms in total. The molecule has 0 saturated heterocycles. The number of halogens is 1. The molecule has 3 rings (SSSR count). The molecule has 2 aromatic carbocycles. The molecule has 0 bridgehead atoms. The number of nitrogens with two attached hydrogens (primary N) is 1. The average molecular weight is 416 g/mol. The largest absolute Gasteiger partial charge is 0.320 e. The van der Waals surface area contributed by atoms with Crippen LogP contribution < -0.4 is 15.9 Å². The van der Waals surface area contributed by atoms with Crippen LogP contribution in [0.1, 0.15) is 21.7 Å². The molecule has 0 atom stereocenters. The van der Waals surface area contributed by atoms with Crippen molar-refractivity contribution in [3.05, 3.63) is 87.6 Å². The summed E-state index contributed by atoms with van der Waals surface area (Å²) in [6.45, 7) is 1.58. The van der Waals surface area contributed by atoms with Gasteiger partial charge in [0, 0.05) is 17.4 Å². The van der Waals surface area contributed by atoms with Crippen molar-refractivity contribution in [1.82, 2.24) is 9.78 Å². The second kappa shape index (κ2) is 7.94. The van der Waals surface area contributed by atoms with Crippen molar-refractivity contribution < 1.29 is 17.6 Å². The summed E-state index contributed by atoms with van der Waals surface area (Å²) in [7, 11) is -3.67. The summed E-state index contributed by atoms with van der Waals surface area (Å²) in [5.74, 6) is -1.67. The van der Waals surface area contributed by atoms with E-state index in [1.54, 1.807) is 13.0 Å². The number of rotatable bonds is 5. The molecule has 1 heterocycles. The maximum Gasteiger partial charge on any atom is 0.280 e. The molecule has 0 aliphatic rings. The van der Waals surface area contributed by atoms with Gasteiger partial charge in [-0.2, -0.15) is 5.10 Å². The summed E-state index contributed by atoms with van der Waals surface area (Å²) >= 11 is 0. The van der Waals surface area contributed by atoms with Crippen LogP contribution in [-0.4, -0.2) is 24.1 Å². The second-order valence-corrected chi connectivity index (χ2v) is 7.93. The van der Waals surface area contributed by atoms with Gasteiger partial charge in [-0.25, -0.2) is 22.6 Å². The molecule has 3 aromatic rings. The Bertz CT molecular complexity index is 1240. The van der Waals surface area contributed by atoms with Crippen LogP contribution in [0.15, 0.2) is 59.4 Å². The van der Waals surface area contributed by atoms with E-state index in [2.05, 4.69) is 10.4 Å². The predicted molar refractivity (Wildman–Crippen MR) is 106 cm³/mol. The van der Waals surface area contributed by atoms with Crippen molar-refractivity contribution in [1.29, 1.82) is 0 Å². The molecule has 0 spiro atoms. The van der Waals surface area contributed by atoms with E-state index in [1.165, 1.54) is 53.2 Å². The van der Waals surface area contributed by atoms with Crippen LogP contribution in [0.4, 0.5) is 10.1 Å². The second-order valence-electron chi connectivity index (χ2n) is 6.32. The molecule has 0 radical (unpaired) electrons. The lowest BCUT2D eigenvalue weighted by molar-refractivity contribution is 0.101. The Labute approximate surface area is 165 Å². The number of carbonyl (C=O) groups is 1. The standard InChI is InChI=1S/C19H17FN4O4S/c1-12-10-17(25)18(23-24(12)16-5-3-2-4-15(16)20)19(26)22-14-8-6-13(7-9-14)11-29(21,27)28/h2-10H,11H2,1H3,(H,22,26)(H2,21,27,28). The number of hydrogen-bond donors (Lipinski definition) is 2. The zero-order valence-corrected chi connectivity index (χ0v) is 16.1. The number of amides is 1. The summed E-state index contributed by atoms with van der Waals surface area (Å²) in [4.78, 5) is 24.8. The van der Waals surface area contributed by atoms with Crippen molar-refractivity contribution >= 4 is 21.6 Å². The molecule has 29 heavy (non-hydrogen) atoms. The van der Waals surface area contributed by atoms with E-state index in [9.17, 15) is 22.4 Å². The summed E-state index contributed by atoms with van der Waals surface area (Å²) in [5.41, 5.74) is 0.217. The van der Waals surface area contributed by atoms with Crippen molar-refractivity contribution in [2.75, 3.05) is 5.32 Å². The Morgan fingerprint density at radius 2 is 1.83 bits per heavy atom. The van der Waals surface area contributed by atoms with Gasteiger partial charge in [0.1, 0.15) is 11.5 Å². The van der Waals surface area contributed by atoms with E-state index in [-0.39, 0.29) is 11.4 Å². The fourth-order valence-corrected chi connectivity index (χ4v) is 3.34. The lowest BCUT2D eigenvalue weighted by Gasteiger charge is -2.12. The van der Waals surface area contributed by atoms with Crippen LogP contribution in [0.3, 0.4) is 0 Å². The third-order valence-corrected chi connectivity index (χ3v) is 4.72. The SMILES string of the molecule is Cc1cc(=O)c(C(=O)Nc2ccc(CS(N)(=O)=O)cc2)nn1-c1ccccc1F. The number of aromatic nitrogens is 2. The van der Waals surface area contributed by atoms with Crippen LogP contribution in [-0.2, 0) is 15.8 Å². The van der Waals surface area contributed by atoms with Crippen LogP contribution >= 0.6 is 0 Å². The molecule has 1 aromatic heterocycles. The van der Waals surface area contributed by atoms with E-state index in [0.29, 0.717) is 16.9 Å². The molecule has 150 valence electrons. The molecular formula is C19H17FN4O4S. The number of carbonyl (C=O) groups excluding carboxylic acids is 1. The first kappa shape index (κ1) is 20.4. The quantitative estimate of drug-likeness (QED) is 0.655. The van der Waals surface area contributed by atoms with Crippen molar-refractivity contribution in [3.8, 4) is 5.69 Å². The number of anilines is 1. The van der Waals surface area contributed by atoms with Gasteiger partial charge in [0.2, 0.25) is 15.5 Å². The number of nitrogens with one attached hydrogen (secondary N) is 1. The lowest BCUT2D eigenvalue weighted by Crippen LogP contribution is -2.27. The molecule has 0 fully saturated rings. The Morgan fingerprint density at radius 3 is 2.45 bits per heavy atom. The van der Waals surface area contributed by atoms with Gasteiger partial charge in [0.15, 0.2) is 5.69 Å². The zero-order chi connectivity index (χ0) is 21.2. The number of nitrogens with zero attached hydrogens (tertiary/aromatic N) is 2. The van der Waals surface area contributed by atoms with Gasteiger partial charge in [0.05, 0.1) is 5.75 Å². The third-order valence-electron chi connectivity index (χ3n) is 3.98. The summed E-state index contributed by atoms with van der Waals surface area (Å²) in [6.07, 6.45) is 0. The topological polar surface area (TPSA) is 124 Å². The number of hydrogen-bond acceptors (Lipinski definition) is 5. The Morgan fingerprint density at radius 1 is 1.17 bits per heavy atom. The zero-order valence-electron chi connectivity index (χ0n) is 15.3. The highest BCUT2D eigenvalue weighted by molar-refractivity contribution is 7.88. The maximum absolute atomic E-state index is 14.1. The number of para-hydroxylation sites is 1. The molecule has 3 N–H and O–H groups in total. The first-order valence-corrected chi connectivity index (χ1v) is 10.1. The Kier molecular flexibility index (Phi) is 5.57. The monoisotopic (exact) mass is 416 g/mol. The number of aryl methyl sites for hydroxylation is 1. The van der Waals surface area contributed by atoms with E-state index in [1.807, 2.05) is 0 Å². The number of benzene rings is 2. The normalized spacial score (nSPS) is 11.3. The molecule has 0 saturated carbocycles. The molecular weight excluding hydrogens is 399 g/mol. The van der Waals surface area contributed by atoms with Gasteiger partial charge in [-0.3, -0.25) is 9.59 Å². The first-order chi connectivity index (χ1) is 13.6. The van der Waals surface area contributed by atoms with E-state index in [0.717, 1.165) is 0 Å². The van der Waals surface area contributed by atoms with Crippen LogP contribution in [0, 0.1) is 12.7 Å². The number of primary sulfonamides is 1. The highest BCUT2D eigenvalue weighted by atomic mass is 32.2. The fourth-order valence-electron chi connectivity index (χ4n) is 2.68. The highest BCUT2D eigenvalue weighted by Gasteiger charge is 2.17. The van der Waals surface area contributed by atoms with E-state index in [4.69, 9.17) is 5.14 Å². The molecule has 0 unspecified atom stereocenters. The highest BCUT2D eigenvalue weighted by Crippen LogP contribution is 2.14. The van der Waals surface area contributed by atoms with Crippen LogP contribution in [0.25, 0.3) is 5.69 Å². The van der Waals surface area contributed by atoms with Crippen molar-refractivity contribution in [2.45, 2.75) is 12.7 Å². The molecule has 1 amide bonds. The first-order valence-electron chi connectivity index (χ1n) is 8.41. The molecule has 0 aliphatic carbocycles. The van der Waals surface area contributed by atoms with Crippen molar-refractivity contribution in [3.63, 3.8) is 0 Å². The fraction of sp³-hybridized carbons (Fsp3) is 0.105. The average Bonchev–Trinajstić information content (AvgIpc) is 2.63. The molecule has 0 aliphatic heterocycles. The smallest absolute Gasteiger partial charge is 0.280 e. The molecule has 10 heteroatoms. The predicted octanol–water partition coefficient (Wildman–Crippen LogP) is 1.72. The van der Waals surface area contributed by atoms with Gasteiger partial charge in [-0.15, -0.1) is 0 Å². The van der Waals surface area contributed by atoms with E-state index >= 15 is 0 Å². The van der Waals surface area contributed by atoms with Crippen LogP contribution in [0.2, 0.25) is 0 Å². The summed E-state index contributed by atoms with van der Waals surface area (Å²) in [6, 6.07) is 13.0. The minimum atomic E-state index is -3.67. The van der Waals surface area contributed by atoms with Gasteiger partial charge < -0.3 is 5.32 Å². The lowest BCUT2D eigenvalue weighted by atomic mass is 10.2. The summed E-state index contributed by atoms with van der Waals surface area (Å²) < 4.78 is 37.5. The van der Waals surface area contributed by atoms with Gasteiger partial charge in [0.25, 0.3) is 5.91 Å². The van der Waals surface area contributed by atoms with Gasteiger partial charge in [-0.05, 0) is 36.8 Å².